The van der Waals surface area contributed by atoms with Crippen LogP contribution < -0.4 is 4.90 Å². The monoisotopic (exact) mass is 358 g/mol. The van der Waals surface area contributed by atoms with Crippen molar-refractivity contribution in [3.8, 4) is 17.0 Å². The van der Waals surface area contributed by atoms with Gasteiger partial charge in [-0.25, -0.2) is 9.97 Å². The minimum atomic E-state index is 0.103. The summed E-state index contributed by atoms with van der Waals surface area (Å²) >= 11 is 0. The van der Waals surface area contributed by atoms with Crippen LogP contribution in [0.1, 0.15) is 24.2 Å². The van der Waals surface area contributed by atoms with Gasteiger partial charge < -0.3 is 15.0 Å². The number of benzene rings is 1. The molecule has 0 bridgehead atoms. The second-order valence-corrected chi connectivity index (χ2v) is 6.69. The van der Waals surface area contributed by atoms with E-state index in [1.54, 1.807) is 24.5 Å². The zero-order valence-corrected chi connectivity index (χ0v) is 14.8. The molecule has 0 radical (unpaired) electrons. The van der Waals surface area contributed by atoms with Crippen LogP contribution in [-0.2, 0) is 6.42 Å². The third kappa shape index (κ3) is 2.51. The van der Waals surface area contributed by atoms with Gasteiger partial charge in [0.05, 0.1) is 11.7 Å². The van der Waals surface area contributed by atoms with Gasteiger partial charge in [0, 0.05) is 47.6 Å². The maximum atomic E-state index is 10.2. The molecule has 134 valence electrons. The van der Waals surface area contributed by atoms with E-state index in [1.807, 2.05) is 24.3 Å². The molecule has 3 aromatic heterocycles. The van der Waals surface area contributed by atoms with Crippen LogP contribution in [0.2, 0.25) is 0 Å². The summed E-state index contributed by atoms with van der Waals surface area (Å²) < 4.78 is 0. The maximum Gasteiger partial charge on any atom is 0.225 e. The SMILES string of the molecule is C[C@@H]1c2c([nH]c3nnc(-c4ccccc4O)cc23)CCN1c1ncccn1. The lowest BCUT2D eigenvalue weighted by Gasteiger charge is -2.33. The normalized spacial score (nSPS) is 16.5. The van der Waals surface area contributed by atoms with Crippen LogP contribution in [0.4, 0.5) is 5.95 Å². The number of H-pyrrole nitrogens is 1. The van der Waals surface area contributed by atoms with E-state index in [0.717, 1.165) is 29.9 Å². The molecule has 7 nitrogen and oxygen atoms in total. The van der Waals surface area contributed by atoms with Crippen LogP contribution in [0.5, 0.6) is 5.75 Å². The second kappa shape index (κ2) is 6.05. The molecule has 2 N–H and O–H groups in total. The summed E-state index contributed by atoms with van der Waals surface area (Å²) in [7, 11) is 0. The first-order valence-corrected chi connectivity index (χ1v) is 8.92. The Labute approximate surface area is 155 Å². The molecule has 0 saturated heterocycles. The molecule has 27 heavy (non-hydrogen) atoms. The molecule has 7 heteroatoms. The number of nitrogens with zero attached hydrogens (tertiary/aromatic N) is 5. The molecular weight excluding hydrogens is 340 g/mol. The van der Waals surface area contributed by atoms with E-state index in [2.05, 4.69) is 37.0 Å². The van der Waals surface area contributed by atoms with Crippen LogP contribution in [-0.4, -0.2) is 36.8 Å². The van der Waals surface area contributed by atoms with E-state index in [1.165, 1.54) is 11.3 Å². The number of nitrogens with one attached hydrogen (secondary N) is 1. The Morgan fingerprint density at radius 3 is 2.74 bits per heavy atom. The molecule has 1 atom stereocenters. The molecule has 1 aliphatic rings. The third-order valence-corrected chi connectivity index (χ3v) is 5.16. The molecule has 0 saturated carbocycles. The van der Waals surface area contributed by atoms with Gasteiger partial charge in [0.2, 0.25) is 5.95 Å². The summed E-state index contributed by atoms with van der Waals surface area (Å²) in [6.45, 7) is 2.99. The van der Waals surface area contributed by atoms with Gasteiger partial charge in [-0.3, -0.25) is 0 Å². The standard InChI is InChI=1S/C20H18N6O/c1-12-18-14-11-16(13-5-2-3-6-17(13)27)24-25-19(14)23-15(18)7-10-26(12)20-21-8-4-9-22-20/h2-6,8-9,11-12,27H,7,10H2,1H3,(H,23,25)/t12-/m1/s1. The number of aromatic hydroxyl groups is 1. The molecule has 0 aliphatic carbocycles. The van der Waals surface area contributed by atoms with Crippen molar-refractivity contribution < 1.29 is 5.11 Å². The molecule has 0 spiro atoms. The first kappa shape index (κ1) is 15.7. The highest BCUT2D eigenvalue weighted by Gasteiger charge is 2.29. The summed E-state index contributed by atoms with van der Waals surface area (Å²) in [6.07, 6.45) is 4.39. The summed E-state index contributed by atoms with van der Waals surface area (Å²) in [5.41, 5.74) is 4.46. The van der Waals surface area contributed by atoms with E-state index in [-0.39, 0.29) is 11.8 Å². The van der Waals surface area contributed by atoms with E-state index >= 15 is 0 Å². The van der Waals surface area contributed by atoms with Crippen molar-refractivity contribution in [2.24, 2.45) is 0 Å². The molecule has 1 aliphatic heterocycles. The van der Waals surface area contributed by atoms with Crippen LogP contribution in [0.15, 0.2) is 48.8 Å². The molecule has 0 unspecified atom stereocenters. The quantitative estimate of drug-likeness (QED) is 0.572. The van der Waals surface area contributed by atoms with Crippen LogP contribution in [0, 0.1) is 0 Å². The lowest BCUT2D eigenvalue weighted by Crippen LogP contribution is -2.34. The number of aromatic nitrogens is 5. The van der Waals surface area contributed by atoms with Crippen molar-refractivity contribution in [1.82, 2.24) is 25.1 Å². The average molecular weight is 358 g/mol. The zero-order valence-electron chi connectivity index (χ0n) is 14.8. The van der Waals surface area contributed by atoms with Gasteiger partial charge >= 0.3 is 0 Å². The molecule has 0 fully saturated rings. The fraction of sp³-hybridized carbons (Fsp3) is 0.200. The van der Waals surface area contributed by atoms with Gasteiger partial charge in [0.25, 0.3) is 0 Å². The number of phenols is 1. The van der Waals surface area contributed by atoms with Crippen molar-refractivity contribution in [3.63, 3.8) is 0 Å². The average Bonchev–Trinajstić information content (AvgIpc) is 3.08. The van der Waals surface area contributed by atoms with E-state index in [9.17, 15) is 5.11 Å². The van der Waals surface area contributed by atoms with Crippen molar-refractivity contribution in [1.29, 1.82) is 0 Å². The summed E-state index contributed by atoms with van der Waals surface area (Å²) in [5.74, 6) is 0.927. The molecular formula is C20H18N6O. The summed E-state index contributed by atoms with van der Waals surface area (Å²) in [5, 5.41) is 19.9. The lowest BCUT2D eigenvalue weighted by molar-refractivity contribution is 0.477. The number of rotatable bonds is 2. The van der Waals surface area contributed by atoms with Crippen molar-refractivity contribution >= 4 is 17.0 Å². The Morgan fingerprint density at radius 2 is 1.93 bits per heavy atom. The predicted octanol–water partition coefficient (Wildman–Crippen LogP) is 3.24. The Balaban J connectivity index is 1.64. The van der Waals surface area contributed by atoms with Crippen molar-refractivity contribution in [2.75, 3.05) is 11.4 Å². The highest BCUT2D eigenvalue weighted by atomic mass is 16.3. The van der Waals surface area contributed by atoms with Gasteiger partial charge in [0.15, 0.2) is 5.65 Å². The number of hydrogen-bond acceptors (Lipinski definition) is 6. The largest absolute Gasteiger partial charge is 0.507 e. The van der Waals surface area contributed by atoms with Gasteiger partial charge in [-0.05, 0) is 31.2 Å². The van der Waals surface area contributed by atoms with Crippen LogP contribution >= 0.6 is 0 Å². The van der Waals surface area contributed by atoms with Crippen molar-refractivity contribution in [3.05, 3.63) is 60.0 Å². The second-order valence-electron chi connectivity index (χ2n) is 6.69. The predicted molar refractivity (Wildman–Crippen MR) is 102 cm³/mol. The Hall–Kier alpha value is -3.48. The Morgan fingerprint density at radius 1 is 1.11 bits per heavy atom. The van der Waals surface area contributed by atoms with Crippen LogP contribution in [0.3, 0.4) is 0 Å². The lowest BCUT2D eigenvalue weighted by atomic mass is 9.97. The minimum Gasteiger partial charge on any atom is -0.507 e. The van der Waals surface area contributed by atoms with E-state index in [0.29, 0.717) is 11.3 Å². The molecule has 4 heterocycles. The first-order valence-electron chi connectivity index (χ1n) is 8.92. The zero-order chi connectivity index (χ0) is 18.4. The van der Waals surface area contributed by atoms with Gasteiger partial charge in [-0.1, -0.05) is 12.1 Å². The number of hydrogen-bond donors (Lipinski definition) is 2. The molecule has 5 rings (SSSR count). The maximum absolute atomic E-state index is 10.2. The number of aromatic amines is 1. The molecule has 0 amide bonds. The minimum absolute atomic E-state index is 0.103. The Kier molecular flexibility index (Phi) is 3.53. The van der Waals surface area contributed by atoms with Gasteiger partial charge in [0.1, 0.15) is 5.75 Å². The highest BCUT2D eigenvalue weighted by Crippen LogP contribution is 2.37. The van der Waals surface area contributed by atoms with E-state index < -0.39 is 0 Å². The highest BCUT2D eigenvalue weighted by molar-refractivity contribution is 5.86. The fourth-order valence-corrected chi connectivity index (χ4v) is 3.85. The first-order chi connectivity index (χ1) is 13.2. The van der Waals surface area contributed by atoms with E-state index in [4.69, 9.17) is 0 Å². The summed E-state index contributed by atoms with van der Waals surface area (Å²) in [6, 6.07) is 11.1. The molecule has 1 aromatic carbocycles. The number of phenolic OH excluding ortho intramolecular Hbond substituents is 1. The topological polar surface area (TPSA) is 90.8 Å². The third-order valence-electron chi connectivity index (χ3n) is 5.16. The Bertz CT molecular complexity index is 1120. The number of anilines is 1. The number of para-hydroxylation sites is 1. The smallest absolute Gasteiger partial charge is 0.225 e. The van der Waals surface area contributed by atoms with Crippen LogP contribution in [0.25, 0.3) is 22.3 Å². The summed E-state index contributed by atoms with van der Waals surface area (Å²) in [4.78, 5) is 14.4. The van der Waals surface area contributed by atoms with Crippen molar-refractivity contribution in [2.45, 2.75) is 19.4 Å². The van der Waals surface area contributed by atoms with Gasteiger partial charge in [-0.2, -0.15) is 0 Å². The molecule has 4 aromatic rings. The fourth-order valence-electron chi connectivity index (χ4n) is 3.85. The van der Waals surface area contributed by atoms with Gasteiger partial charge in [-0.15, -0.1) is 10.2 Å². The number of fused-ring (bicyclic) bond motifs is 3.